The summed E-state index contributed by atoms with van der Waals surface area (Å²) in [5.74, 6) is 2.33. The molecule has 0 unspecified atom stereocenters. The number of rotatable bonds is 6. The molecule has 1 heterocycles. The Morgan fingerprint density at radius 2 is 1.73 bits per heavy atom. The molecule has 0 aliphatic carbocycles. The molecule has 1 aromatic heterocycles. The van der Waals surface area contributed by atoms with E-state index < -0.39 is 0 Å². The monoisotopic (exact) mass is 351 g/mol. The van der Waals surface area contributed by atoms with Gasteiger partial charge in [0.25, 0.3) is 0 Å². The third kappa shape index (κ3) is 4.00. The van der Waals surface area contributed by atoms with Crippen LogP contribution in [0.15, 0.2) is 42.6 Å². The molecular weight excluding hydrogens is 330 g/mol. The molecule has 0 spiro atoms. The molecule has 0 radical (unpaired) electrons. The van der Waals surface area contributed by atoms with Crippen LogP contribution in [0.25, 0.3) is 0 Å². The van der Waals surface area contributed by atoms with Gasteiger partial charge in [-0.25, -0.2) is 0 Å². The highest BCUT2D eigenvalue weighted by molar-refractivity contribution is 5.67. The molecule has 0 aliphatic rings. The summed E-state index contributed by atoms with van der Waals surface area (Å²) in [4.78, 5) is 4.47. The zero-order chi connectivity index (χ0) is 18.5. The van der Waals surface area contributed by atoms with Crippen LogP contribution in [-0.4, -0.2) is 29.4 Å². The minimum Gasteiger partial charge on any atom is -0.497 e. The van der Waals surface area contributed by atoms with Crippen LogP contribution < -0.4 is 20.1 Å². The molecule has 7 nitrogen and oxygen atoms in total. The van der Waals surface area contributed by atoms with E-state index in [2.05, 4.69) is 38.8 Å². The Hall–Kier alpha value is -3.35. The Morgan fingerprint density at radius 3 is 2.46 bits per heavy atom. The summed E-state index contributed by atoms with van der Waals surface area (Å²) in [5, 5.41) is 14.4. The third-order valence-corrected chi connectivity index (χ3v) is 3.86. The van der Waals surface area contributed by atoms with Crippen molar-refractivity contribution in [1.82, 2.24) is 15.2 Å². The zero-order valence-electron chi connectivity index (χ0n) is 15.2. The Labute approximate surface area is 152 Å². The van der Waals surface area contributed by atoms with Gasteiger partial charge in [-0.1, -0.05) is 17.7 Å². The molecule has 2 N–H and O–H groups in total. The van der Waals surface area contributed by atoms with Crippen molar-refractivity contribution >= 4 is 23.1 Å². The molecule has 0 amide bonds. The lowest BCUT2D eigenvalue weighted by Crippen LogP contribution is -2.04. The summed E-state index contributed by atoms with van der Waals surface area (Å²) in [6.07, 6.45) is 1.55. The summed E-state index contributed by atoms with van der Waals surface area (Å²) in [5.41, 5.74) is 3.98. The molecule has 0 saturated heterocycles. The highest BCUT2D eigenvalue weighted by Gasteiger charge is 2.08. The van der Waals surface area contributed by atoms with Crippen LogP contribution in [0.1, 0.15) is 11.1 Å². The van der Waals surface area contributed by atoms with Crippen molar-refractivity contribution in [3.63, 3.8) is 0 Å². The molecule has 134 valence electrons. The van der Waals surface area contributed by atoms with E-state index in [4.69, 9.17) is 9.47 Å². The van der Waals surface area contributed by atoms with Crippen molar-refractivity contribution in [2.24, 2.45) is 0 Å². The molecule has 0 bridgehead atoms. The average molecular weight is 351 g/mol. The second-order valence-corrected chi connectivity index (χ2v) is 5.80. The third-order valence-electron chi connectivity index (χ3n) is 3.86. The highest BCUT2D eigenvalue weighted by Crippen LogP contribution is 2.31. The van der Waals surface area contributed by atoms with Crippen LogP contribution >= 0.6 is 0 Å². The standard InChI is InChI=1S/C19H21N5O2/c1-12-5-7-15(13(2)9-12)22-19-23-18(11-20-24-19)21-16-10-14(25-3)6-8-17(16)26-4/h5-11H,1-4H3,(H2,21,22,23,24). The Balaban J connectivity index is 1.84. The summed E-state index contributed by atoms with van der Waals surface area (Å²) in [7, 11) is 3.22. The molecule has 0 saturated carbocycles. The number of nitrogens with zero attached hydrogens (tertiary/aromatic N) is 3. The van der Waals surface area contributed by atoms with Gasteiger partial charge in [-0.3, -0.25) is 0 Å². The first-order valence-electron chi connectivity index (χ1n) is 8.12. The van der Waals surface area contributed by atoms with E-state index in [1.165, 1.54) is 5.56 Å². The number of hydrogen-bond donors (Lipinski definition) is 2. The molecule has 26 heavy (non-hydrogen) atoms. The van der Waals surface area contributed by atoms with Gasteiger partial charge in [-0.15, -0.1) is 5.10 Å². The van der Waals surface area contributed by atoms with Crippen molar-refractivity contribution in [1.29, 1.82) is 0 Å². The lowest BCUT2D eigenvalue weighted by Gasteiger charge is -2.13. The van der Waals surface area contributed by atoms with Gasteiger partial charge < -0.3 is 20.1 Å². The van der Waals surface area contributed by atoms with Crippen LogP contribution in [0.2, 0.25) is 0 Å². The minimum absolute atomic E-state index is 0.406. The predicted molar refractivity (Wildman–Crippen MR) is 102 cm³/mol. The SMILES string of the molecule is COc1ccc(OC)c(Nc2cnnc(Nc3ccc(C)cc3C)n2)c1. The summed E-state index contributed by atoms with van der Waals surface area (Å²) < 4.78 is 10.6. The van der Waals surface area contributed by atoms with Gasteiger partial charge in [0.2, 0.25) is 5.95 Å². The van der Waals surface area contributed by atoms with Crippen LogP contribution in [0.4, 0.5) is 23.1 Å². The van der Waals surface area contributed by atoms with Gasteiger partial charge in [0.1, 0.15) is 11.5 Å². The fraction of sp³-hybridized carbons (Fsp3) is 0.211. The molecule has 0 aliphatic heterocycles. The molecule has 3 rings (SSSR count). The molecule has 7 heteroatoms. The fourth-order valence-corrected chi connectivity index (χ4v) is 2.54. The van der Waals surface area contributed by atoms with Crippen LogP contribution in [-0.2, 0) is 0 Å². The number of methoxy groups -OCH3 is 2. The molecular formula is C19H21N5O2. The van der Waals surface area contributed by atoms with Crippen molar-refractivity contribution in [3.05, 3.63) is 53.7 Å². The number of benzene rings is 2. The maximum absolute atomic E-state index is 5.37. The van der Waals surface area contributed by atoms with E-state index in [9.17, 15) is 0 Å². The number of aromatic nitrogens is 3. The molecule has 3 aromatic rings. The Morgan fingerprint density at radius 1 is 0.885 bits per heavy atom. The first kappa shape index (κ1) is 17.5. The normalized spacial score (nSPS) is 10.3. The fourth-order valence-electron chi connectivity index (χ4n) is 2.54. The number of ether oxygens (including phenoxy) is 2. The maximum Gasteiger partial charge on any atom is 0.249 e. The van der Waals surface area contributed by atoms with E-state index in [-0.39, 0.29) is 0 Å². The van der Waals surface area contributed by atoms with E-state index in [1.54, 1.807) is 20.4 Å². The van der Waals surface area contributed by atoms with Gasteiger partial charge in [0.05, 0.1) is 26.1 Å². The summed E-state index contributed by atoms with van der Waals surface area (Å²) in [6, 6.07) is 11.6. The smallest absolute Gasteiger partial charge is 0.249 e. The minimum atomic E-state index is 0.406. The second-order valence-electron chi connectivity index (χ2n) is 5.80. The van der Waals surface area contributed by atoms with Gasteiger partial charge in [-0.2, -0.15) is 10.1 Å². The number of anilines is 4. The van der Waals surface area contributed by atoms with Crippen molar-refractivity contribution < 1.29 is 9.47 Å². The summed E-state index contributed by atoms with van der Waals surface area (Å²) in [6.45, 7) is 4.09. The van der Waals surface area contributed by atoms with Crippen LogP contribution in [0.5, 0.6) is 11.5 Å². The predicted octanol–water partition coefficient (Wildman–Crippen LogP) is 3.99. The highest BCUT2D eigenvalue weighted by atomic mass is 16.5. The van der Waals surface area contributed by atoms with Gasteiger partial charge in [0.15, 0.2) is 5.82 Å². The lowest BCUT2D eigenvalue weighted by atomic mass is 10.1. The van der Waals surface area contributed by atoms with E-state index in [0.29, 0.717) is 23.3 Å². The van der Waals surface area contributed by atoms with E-state index in [0.717, 1.165) is 16.9 Å². The average Bonchev–Trinajstić information content (AvgIpc) is 2.64. The lowest BCUT2D eigenvalue weighted by molar-refractivity contribution is 0.405. The first-order chi connectivity index (χ1) is 12.6. The largest absolute Gasteiger partial charge is 0.497 e. The molecule has 0 fully saturated rings. The van der Waals surface area contributed by atoms with Crippen molar-refractivity contribution in [3.8, 4) is 11.5 Å². The topological polar surface area (TPSA) is 81.2 Å². The van der Waals surface area contributed by atoms with Crippen molar-refractivity contribution in [2.75, 3.05) is 24.9 Å². The number of nitrogens with one attached hydrogen (secondary N) is 2. The van der Waals surface area contributed by atoms with Crippen LogP contribution in [0, 0.1) is 13.8 Å². The number of aryl methyl sites for hydroxylation is 2. The van der Waals surface area contributed by atoms with E-state index in [1.807, 2.05) is 37.3 Å². The van der Waals surface area contributed by atoms with Gasteiger partial charge in [0, 0.05) is 11.8 Å². The Kier molecular flexibility index (Phi) is 5.17. The van der Waals surface area contributed by atoms with Crippen molar-refractivity contribution in [2.45, 2.75) is 13.8 Å². The van der Waals surface area contributed by atoms with Crippen LogP contribution in [0.3, 0.4) is 0 Å². The Bertz CT molecular complexity index is 914. The second kappa shape index (κ2) is 7.69. The zero-order valence-corrected chi connectivity index (χ0v) is 15.2. The summed E-state index contributed by atoms with van der Waals surface area (Å²) >= 11 is 0. The first-order valence-corrected chi connectivity index (χ1v) is 8.12. The van der Waals surface area contributed by atoms with Gasteiger partial charge in [-0.05, 0) is 37.6 Å². The molecule has 2 aromatic carbocycles. The van der Waals surface area contributed by atoms with Gasteiger partial charge >= 0.3 is 0 Å². The number of hydrogen-bond acceptors (Lipinski definition) is 7. The maximum atomic E-state index is 5.37. The van der Waals surface area contributed by atoms with E-state index >= 15 is 0 Å². The quantitative estimate of drug-likeness (QED) is 0.695. The molecule has 0 atom stereocenters.